The minimum absolute atomic E-state index is 0.0732. The van der Waals surface area contributed by atoms with Crippen molar-refractivity contribution in [1.82, 2.24) is 24.6 Å². The Labute approximate surface area is 171 Å². The second-order valence-corrected chi connectivity index (χ2v) is 8.08. The molecule has 0 aromatic carbocycles. The van der Waals surface area contributed by atoms with Crippen LogP contribution in [-0.4, -0.2) is 69.9 Å². The second-order valence-electron chi connectivity index (χ2n) is 8.08. The molecule has 0 spiro atoms. The predicted octanol–water partition coefficient (Wildman–Crippen LogP) is 1.99. The van der Waals surface area contributed by atoms with Crippen LogP contribution in [0.5, 0.6) is 0 Å². The van der Waals surface area contributed by atoms with Crippen LogP contribution < -0.4 is 4.90 Å². The van der Waals surface area contributed by atoms with E-state index in [1.165, 1.54) is 0 Å². The van der Waals surface area contributed by atoms with Gasteiger partial charge in [0, 0.05) is 56.6 Å². The molecule has 8 nitrogen and oxygen atoms in total. The number of aryl methyl sites for hydroxylation is 3. The fraction of sp³-hybridized carbons (Fsp3) is 0.619. The molecule has 8 heteroatoms. The molecule has 0 bridgehead atoms. The van der Waals surface area contributed by atoms with E-state index in [2.05, 4.69) is 23.8 Å². The van der Waals surface area contributed by atoms with Crippen molar-refractivity contribution in [3.05, 3.63) is 34.5 Å². The summed E-state index contributed by atoms with van der Waals surface area (Å²) in [6.07, 6.45) is 3.58. The number of amides is 1. The number of morpholine rings is 1. The number of hydrogen-bond donors (Lipinski definition) is 0. The third kappa shape index (κ3) is 3.99. The van der Waals surface area contributed by atoms with Crippen LogP contribution in [0.1, 0.15) is 51.9 Å². The highest BCUT2D eigenvalue weighted by molar-refractivity contribution is 5.95. The zero-order chi connectivity index (χ0) is 20.5. The maximum Gasteiger partial charge on any atom is 0.257 e. The molecule has 2 aliphatic heterocycles. The van der Waals surface area contributed by atoms with Crippen molar-refractivity contribution < 1.29 is 9.53 Å². The first-order valence-corrected chi connectivity index (χ1v) is 10.4. The maximum atomic E-state index is 12.9. The summed E-state index contributed by atoms with van der Waals surface area (Å²) >= 11 is 0. The molecule has 0 N–H and O–H groups in total. The Morgan fingerprint density at radius 1 is 1.03 bits per heavy atom. The standard InChI is InChI=1S/C21H30N6O2/c1-14-15(2)22-19(23-20(14)26-9-11-29-12-10-26)17-5-7-27(8-6-17)21(28)18-13-25(4)24-16(18)3/h13,17H,5-12H2,1-4H3. The van der Waals surface area contributed by atoms with Gasteiger partial charge in [0.05, 0.1) is 24.5 Å². The van der Waals surface area contributed by atoms with Crippen molar-refractivity contribution in [2.45, 2.75) is 39.5 Å². The van der Waals surface area contributed by atoms with Gasteiger partial charge in [-0.25, -0.2) is 9.97 Å². The Kier molecular flexibility index (Phi) is 5.54. The quantitative estimate of drug-likeness (QED) is 0.787. The van der Waals surface area contributed by atoms with Gasteiger partial charge in [-0.3, -0.25) is 9.48 Å². The topological polar surface area (TPSA) is 76.4 Å². The van der Waals surface area contributed by atoms with Crippen molar-refractivity contribution in [3.8, 4) is 0 Å². The lowest BCUT2D eigenvalue weighted by Crippen LogP contribution is -2.39. The number of anilines is 1. The van der Waals surface area contributed by atoms with Gasteiger partial charge in [-0.1, -0.05) is 0 Å². The molecule has 0 aliphatic carbocycles. The fourth-order valence-corrected chi connectivity index (χ4v) is 4.22. The number of piperidine rings is 1. The highest BCUT2D eigenvalue weighted by Gasteiger charge is 2.29. The smallest absolute Gasteiger partial charge is 0.257 e. The van der Waals surface area contributed by atoms with E-state index < -0.39 is 0 Å². The van der Waals surface area contributed by atoms with E-state index >= 15 is 0 Å². The summed E-state index contributed by atoms with van der Waals surface area (Å²) in [5.74, 6) is 2.32. The van der Waals surface area contributed by atoms with Gasteiger partial charge in [0.1, 0.15) is 11.6 Å². The van der Waals surface area contributed by atoms with Crippen molar-refractivity contribution in [2.24, 2.45) is 7.05 Å². The second kappa shape index (κ2) is 8.10. The van der Waals surface area contributed by atoms with Crippen LogP contribution in [-0.2, 0) is 11.8 Å². The average Bonchev–Trinajstić information content (AvgIpc) is 3.08. The third-order valence-electron chi connectivity index (χ3n) is 6.08. The van der Waals surface area contributed by atoms with Crippen LogP contribution in [0.3, 0.4) is 0 Å². The summed E-state index contributed by atoms with van der Waals surface area (Å²) in [5.41, 5.74) is 3.67. The molecule has 2 aliphatic rings. The van der Waals surface area contributed by atoms with Crippen molar-refractivity contribution in [1.29, 1.82) is 0 Å². The van der Waals surface area contributed by atoms with Crippen LogP contribution in [0.25, 0.3) is 0 Å². The Balaban J connectivity index is 1.47. The molecular weight excluding hydrogens is 368 g/mol. The van der Waals surface area contributed by atoms with Gasteiger partial charge in [-0.15, -0.1) is 0 Å². The first kappa shape index (κ1) is 19.8. The minimum atomic E-state index is 0.0732. The third-order valence-corrected chi connectivity index (χ3v) is 6.08. The monoisotopic (exact) mass is 398 g/mol. The van der Waals surface area contributed by atoms with E-state index in [-0.39, 0.29) is 11.8 Å². The lowest BCUT2D eigenvalue weighted by Gasteiger charge is -2.33. The summed E-state index contributed by atoms with van der Waals surface area (Å²) in [5, 5.41) is 4.30. The number of ether oxygens (including phenoxy) is 1. The molecule has 2 aromatic heterocycles. The molecule has 29 heavy (non-hydrogen) atoms. The van der Waals surface area contributed by atoms with Crippen LogP contribution in [0.4, 0.5) is 5.82 Å². The lowest BCUT2D eigenvalue weighted by molar-refractivity contribution is 0.0710. The van der Waals surface area contributed by atoms with E-state index in [1.54, 1.807) is 4.68 Å². The highest BCUT2D eigenvalue weighted by Crippen LogP contribution is 2.30. The van der Waals surface area contributed by atoms with Crippen molar-refractivity contribution in [3.63, 3.8) is 0 Å². The average molecular weight is 399 g/mol. The molecule has 4 rings (SSSR count). The van der Waals surface area contributed by atoms with E-state index in [9.17, 15) is 4.79 Å². The molecule has 1 amide bonds. The molecular formula is C21H30N6O2. The molecule has 2 aromatic rings. The number of hydrogen-bond acceptors (Lipinski definition) is 6. The highest BCUT2D eigenvalue weighted by atomic mass is 16.5. The largest absolute Gasteiger partial charge is 0.378 e. The Hall–Kier alpha value is -2.48. The lowest BCUT2D eigenvalue weighted by atomic mass is 9.95. The zero-order valence-electron chi connectivity index (χ0n) is 17.8. The number of likely N-dealkylation sites (tertiary alicyclic amines) is 1. The van der Waals surface area contributed by atoms with Gasteiger partial charge < -0.3 is 14.5 Å². The van der Waals surface area contributed by atoms with Gasteiger partial charge in [0.15, 0.2) is 0 Å². The summed E-state index contributed by atoms with van der Waals surface area (Å²) in [6.45, 7) is 10.7. The van der Waals surface area contributed by atoms with Gasteiger partial charge in [0.25, 0.3) is 5.91 Å². The van der Waals surface area contributed by atoms with Crippen LogP contribution in [0.15, 0.2) is 6.20 Å². The van der Waals surface area contributed by atoms with E-state index in [0.717, 1.165) is 80.8 Å². The van der Waals surface area contributed by atoms with Gasteiger partial charge in [0.2, 0.25) is 0 Å². The van der Waals surface area contributed by atoms with E-state index in [0.29, 0.717) is 5.56 Å². The van der Waals surface area contributed by atoms with Gasteiger partial charge in [-0.2, -0.15) is 5.10 Å². The molecule has 2 saturated heterocycles. The summed E-state index contributed by atoms with van der Waals surface area (Å²) in [7, 11) is 1.85. The first-order chi connectivity index (χ1) is 13.9. The normalized spacial score (nSPS) is 18.3. The molecule has 156 valence electrons. The fourth-order valence-electron chi connectivity index (χ4n) is 4.22. The molecule has 0 radical (unpaired) electrons. The summed E-state index contributed by atoms with van der Waals surface area (Å²) < 4.78 is 7.19. The van der Waals surface area contributed by atoms with Crippen molar-refractivity contribution in [2.75, 3.05) is 44.3 Å². The number of carbonyl (C=O) groups is 1. The van der Waals surface area contributed by atoms with Crippen molar-refractivity contribution >= 4 is 11.7 Å². The van der Waals surface area contributed by atoms with E-state index in [4.69, 9.17) is 14.7 Å². The predicted molar refractivity (Wildman–Crippen MR) is 110 cm³/mol. The molecule has 2 fully saturated rings. The minimum Gasteiger partial charge on any atom is -0.378 e. The maximum absolute atomic E-state index is 12.9. The zero-order valence-corrected chi connectivity index (χ0v) is 17.8. The molecule has 0 saturated carbocycles. The summed E-state index contributed by atoms with van der Waals surface area (Å²) in [6, 6.07) is 0. The summed E-state index contributed by atoms with van der Waals surface area (Å²) in [4.78, 5) is 26.9. The number of aromatic nitrogens is 4. The van der Waals surface area contributed by atoms with E-state index in [1.807, 2.05) is 25.1 Å². The first-order valence-electron chi connectivity index (χ1n) is 10.4. The number of carbonyl (C=O) groups excluding carboxylic acids is 1. The molecule has 0 atom stereocenters. The van der Waals surface area contributed by atoms with Crippen LogP contribution in [0.2, 0.25) is 0 Å². The molecule has 4 heterocycles. The Bertz CT molecular complexity index is 895. The molecule has 0 unspecified atom stereocenters. The van der Waals surface area contributed by atoms with Crippen LogP contribution in [0, 0.1) is 20.8 Å². The van der Waals surface area contributed by atoms with Gasteiger partial charge in [-0.05, 0) is 33.6 Å². The van der Waals surface area contributed by atoms with Crippen LogP contribution >= 0.6 is 0 Å². The number of nitrogens with zero attached hydrogens (tertiary/aromatic N) is 6. The van der Waals surface area contributed by atoms with Gasteiger partial charge >= 0.3 is 0 Å². The SMILES string of the molecule is Cc1nn(C)cc1C(=O)N1CCC(c2nc(C)c(C)c(N3CCOCC3)n2)CC1. The Morgan fingerprint density at radius 2 is 1.72 bits per heavy atom. The Morgan fingerprint density at radius 3 is 2.34 bits per heavy atom. The number of rotatable bonds is 3.